The normalized spacial score (nSPS) is 17.0. The Kier molecular flexibility index (Phi) is 6.44. The summed E-state index contributed by atoms with van der Waals surface area (Å²) in [4.78, 5) is 12.2. The van der Waals surface area contributed by atoms with Gasteiger partial charge in [0.25, 0.3) is 5.91 Å². The van der Waals surface area contributed by atoms with E-state index in [-0.39, 0.29) is 17.8 Å². The number of para-hydroxylation sites is 1. The summed E-state index contributed by atoms with van der Waals surface area (Å²) >= 11 is 0. The monoisotopic (exact) mass is 453 g/mol. The van der Waals surface area contributed by atoms with Gasteiger partial charge in [-0.15, -0.1) is 0 Å². The quantitative estimate of drug-likeness (QED) is 0.189. The third kappa shape index (κ3) is 5.23. The van der Waals surface area contributed by atoms with Crippen LogP contribution in [0.2, 0.25) is 0 Å². The van der Waals surface area contributed by atoms with Gasteiger partial charge in [0, 0.05) is 17.1 Å². The van der Waals surface area contributed by atoms with Crippen molar-refractivity contribution in [3.05, 3.63) is 114 Å². The van der Waals surface area contributed by atoms with E-state index in [1.807, 2.05) is 54.6 Å². The molecule has 0 fully saturated rings. The molecule has 1 amide bonds. The summed E-state index contributed by atoms with van der Waals surface area (Å²) in [5, 5.41) is 9.01. The third-order valence-corrected chi connectivity index (χ3v) is 4.98. The molecule has 3 aromatic rings. The zero-order valence-electron chi connectivity index (χ0n) is 17.2. The molecule has 1 aliphatic carbocycles. The molecule has 4 rings (SSSR count). The van der Waals surface area contributed by atoms with E-state index in [9.17, 15) is 22.4 Å². The van der Waals surface area contributed by atoms with E-state index < -0.39 is 34.7 Å². The number of halogens is 4. The van der Waals surface area contributed by atoms with Crippen molar-refractivity contribution in [2.45, 2.75) is 12.1 Å². The number of rotatable bonds is 6. The summed E-state index contributed by atoms with van der Waals surface area (Å²) in [6.45, 7) is 0. The molecule has 0 atom stereocenters. The van der Waals surface area contributed by atoms with Crippen LogP contribution in [0.5, 0.6) is 0 Å². The Bertz CT molecular complexity index is 1200. The molecule has 168 valence electrons. The molecule has 0 radical (unpaired) electrons. The SMILES string of the molecule is O=C(Nc1ccc(NC2C=CC(Nc3ccccc3)C=C2)cc1)c1cc(F)c(F)c(F)c1F. The van der Waals surface area contributed by atoms with E-state index in [4.69, 9.17) is 0 Å². The molecule has 0 aliphatic heterocycles. The van der Waals surface area contributed by atoms with Gasteiger partial charge in [-0.1, -0.05) is 42.5 Å². The van der Waals surface area contributed by atoms with Crippen LogP contribution in [-0.2, 0) is 0 Å². The number of hydrogen-bond acceptors (Lipinski definition) is 3. The molecule has 3 aromatic carbocycles. The molecule has 33 heavy (non-hydrogen) atoms. The maximum atomic E-state index is 13.8. The fourth-order valence-corrected chi connectivity index (χ4v) is 3.31. The fraction of sp³-hybridized carbons (Fsp3) is 0.0800. The summed E-state index contributed by atoms with van der Waals surface area (Å²) in [5.41, 5.74) is 1.13. The molecule has 1 aliphatic rings. The average molecular weight is 453 g/mol. The largest absolute Gasteiger partial charge is 0.375 e. The van der Waals surface area contributed by atoms with Crippen LogP contribution in [0.4, 0.5) is 34.6 Å². The van der Waals surface area contributed by atoms with Gasteiger partial charge in [-0.2, -0.15) is 0 Å². The smallest absolute Gasteiger partial charge is 0.258 e. The van der Waals surface area contributed by atoms with E-state index in [1.54, 1.807) is 24.3 Å². The van der Waals surface area contributed by atoms with Gasteiger partial charge in [-0.25, -0.2) is 17.6 Å². The van der Waals surface area contributed by atoms with Gasteiger partial charge < -0.3 is 16.0 Å². The van der Waals surface area contributed by atoms with Gasteiger partial charge in [-0.3, -0.25) is 4.79 Å². The molecule has 4 nitrogen and oxygen atoms in total. The van der Waals surface area contributed by atoms with Crippen molar-refractivity contribution in [3.63, 3.8) is 0 Å². The van der Waals surface area contributed by atoms with Gasteiger partial charge in [0.2, 0.25) is 0 Å². The van der Waals surface area contributed by atoms with Crippen molar-refractivity contribution >= 4 is 23.0 Å². The van der Waals surface area contributed by atoms with Crippen LogP contribution in [0.3, 0.4) is 0 Å². The second-order valence-corrected chi connectivity index (χ2v) is 7.36. The molecule has 0 saturated carbocycles. The molecule has 0 unspecified atom stereocenters. The minimum absolute atomic E-state index is 0.0430. The van der Waals surface area contributed by atoms with E-state index in [0.29, 0.717) is 6.07 Å². The highest BCUT2D eigenvalue weighted by Gasteiger charge is 2.23. The van der Waals surface area contributed by atoms with Crippen LogP contribution in [0.15, 0.2) is 85.0 Å². The maximum Gasteiger partial charge on any atom is 0.258 e. The van der Waals surface area contributed by atoms with E-state index >= 15 is 0 Å². The lowest BCUT2D eigenvalue weighted by molar-refractivity contribution is 0.102. The Labute approximate surface area is 187 Å². The van der Waals surface area contributed by atoms with Gasteiger partial charge >= 0.3 is 0 Å². The lowest BCUT2D eigenvalue weighted by Gasteiger charge is -2.20. The second kappa shape index (κ2) is 9.60. The topological polar surface area (TPSA) is 53.2 Å². The Morgan fingerprint density at radius 3 is 1.73 bits per heavy atom. The summed E-state index contributed by atoms with van der Waals surface area (Å²) in [6.07, 6.45) is 8.09. The Morgan fingerprint density at radius 2 is 1.15 bits per heavy atom. The van der Waals surface area contributed by atoms with Crippen molar-refractivity contribution in [1.82, 2.24) is 0 Å². The van der Waals surface area contributed by atoms with E-state index in [2.05, 4.69) is 16.0 Å². The first-order valence-corrected chi connectivity index (χ1v) is 10.1. The molecule has 0 bridgehead atoms. The number of anilines is 3. The van der Waals surface area contributed by atoms with Gasteiger partial charge in [0.05, 0.1) is 17.6 Å². The minimum atomic E-state index is -2.03. The second-order valence-electron chi connectivity index (χ2n) is 7.36. The molecule has 0 heterocycles. The summed E-state index contributed by atoms with van der Waals surface area (Å²) in [5.74, 6) is -8.49. The number of benzene rings is 3. The number of nitrogens with one attached hydrogen (secondary N) is 3. The van der Waals surface area contributed by atoms with E-state index in [1.165, 1.54) is 0 Å². The standard InChI is InChI=1S/C25H19F4N3O/c26-21-14-20(22(27)24(29)23(21)28)25(33)32-19-12-10-18(11-13-19)31-17-8-6-16(7-9-17)30-15-4-2-1-3-5-15/h1-14,16-17,30-31H,(H,32,33). The zero-order chi connectivity index (χ0) is 23.4. The van der Waals surface area contributed by atoms with Crippen LogP contribution in [-0.4, -0.2) is 18.0 Å². The summed E-state index contributed by atoms with van der Waals surface area (Å²) < 4.78 is 53.6. The number of carbonyl (C=O) groups is 1. The van der Waals surface area contributed by atoms with Crippen molar-refractivity contribution in [2.75, 3.05) is 16.0 Å². The Balaban J connectivity index is 1.34. The molecule has 0 aromatic heterocycles. The van der Waals surface area contributed by atoms with E-state index in [0.717, 1.165) is 11.4 Å². The zero-order valence-corrected chi connectivity index (χ0v) is 17.2. The highest BCUT2D eigenvalue weighted by molar-refractivity contribution is 6.04. The predicted molar refractivity (Wildman–Crippen MR) is 120 cm³/mol. The summed E-state index contributed by atoms with van der Waals surface area (Å²) in [7, 11) is 0. The average Bonchev–Trinajstić information content (AvgIpc) is 2.83. The Morgan fingerprint density at radius 1 is 0.636 bits per heavy atom. The highest BCUT2D eigenvalue weighted by atomic mass is 19.2. The van der Waals surface area contributed by atoms with Crippen LogP contribution < -0.4 is 16.0 Å². The van der Waals surface area contributed by atoms with Crippen LogP contribution in [0, 0.1) is 23.3 Å². The third-order valence-electron chi connectivity index (χ3n) is 4.98. The van der Waals surface area contributed by atoms with Crippen LogP contribution >= 0.6 is 0 Å². The first-order chi connectivity index (χ1) is 15.9. The van der Waals surface area contributed by atoms with Crippen molar-refractivity contribution in [2.24, 2.45) is 0 Å². The number of amides is 1. The molecule has 0 spiro atoms. The van der Waals surface area contributed by atoms with Gasteiger partial charge in [0.15, 0.2) is 23.3 Å². The van der Waals surface area contributed by atoms with Gasteiger partial charge in [0.1, 0.15) is 0 Å². The lowest BCUT2D eigenvalue weighted by Crippen LogP contribution is -2.23. The molecule has 8 heteroatoms. The predicted octanol–water partition coefficient (Wildman–Crippen LogP) is 5.88. The van der Waals surface area contributed by atoms with Crippen LogP contribution in [0.1, 0.15) is 10.4 Å². The van der Waals surface area contributed by atoms with Gasteiger partial charge in [-0.05, 0) is 42.5 Å². The fourth-order valence-electron chi connectivity index (χ4n) is 3.31. The molecular formula is C25H19F4N3O. The van der Waals surface area contributed by atoms with Crippen molar-refractivity contribution < 1.29 is 22.4 Å². The molecule has 3 N–H and O–H groups in total. The van der Waals surface area contributed by atoms with Crippen molar-refractivity contribution in [3.8, 4) is 0 Å². The van der Waals surface area contributed by atoms with Crippen molar-refractivity contribution in [1.29, 1.82) is 0 Å². The number of hydrogen-bond donors (Lipinski definition) is 3. The first kappa shape index (κ1) is 22.1. The van der Waals surface area contributed by atoms with Crippen LogP contribution in [0.25, 0.3) is 0 Å². The molecule has 0 saturated heterocycles. The molecular weight excluding hydrogens is 434 g/mol. The highest BCUT2D eigenvalue weighted by Crippen LogP contribution is 2.21. The maximum absolute atomic E-state index is 13.8. The number of carbonyl (C=O) groups excluding carboxylic acids is 1. The lowest BCUT2D eigenvalue weighted by atomic mass is 10.1. The minimum Gasteiger partial charge on any atom is -0.375 e. The summed E-state index contributed by atoms with van der Waals surface area (Å²) in [6, 6.07) is 16.7. The first-order valence-electron chi connectivity index (χ1n) is 10.1. The Hall–Kier alpha value is -4.07.